The van der Waals surface area contributed by atoms with Gasteiger partial charge in [0.05, 0.1) is 25.8 Å². The zero-order valence-electron chi connectivity index (χ0n) is 17.7. The predicted molar refractivity (Wildman–Crippen MR) is 119 cm³/mol. The molecule has 2 aromatic rings. The molecule has 1 unspecified atom stereocenters. The highest BCUT2D eigenvalue weighted by molar-refractivity contribution is 7.13. The third-order valence-corrected chi connectivity index (χ3v) is 6.38. The number of hydrogen-bond acceptors (Lipinski definition) is 7. The van der Waals surface area contributed by atoms with Gasteiger partial charge >= 0.3 is 0 Å². The Hall–Kier alpha value is -2.32. The quantitative estimate of drug-likeness (QED) is 0.760. The molecule has 0 bridgehead atoms. The van der Waals surface area contributed by atoms with Crippen LogP contribution in [-0.4, -0.2) is 61.7 Å². The van der Waals surface area contributed by atoms with Crippen LogP contribution in [0, 0.1) is 5.92 Å². The monoisotopic (exact) mass is 430 g/mol. The summed E-state index contributed by atoms with van der Waals surface area (Å²) in [6.07, 6.45) is 2.72. The summed E-state index contributed by atoms with van der Waals surface area (Å²) < 4.78 is 11.6. The van der Waals surface area contributed by atoms with Gasteiger partial charge in [-0.15, -0.1) is 11.3 Å². The Kier molecular flexibility index (Phi) is 6.74. The van der Waals surface area contributed by atoms with Gasteiger partial charge in [-0.2, -0.15) is 0 Å². The summed E-state index contributed by atoms with van der Waals surface area (Å²) in [5.41, 5.74) is 1.05. The molecule has 1 amide bonds. The Labute approximate surface area is 182 Å². The van der Waals surface area contributed by atoms with Crippen LogP contribution >= 0.6 is 11.3 Å². The number of benzene rings is 1. The molecule has 1 aromatic carbocycles. The zero-order chi connectivity index (χ0) is 20.9. The van der Waals surface area contributed by atoms with Crippen molar-refractivity contribution in [1.82, 2.24) is 15.2 Å². The Balaban J connectivity index is 1.34. The summed E-state index contributed by atoms with van der Waals surface area (Å²) in [4.78, 5) is 21.7. The lowest BCUT2D eigenvalue weighted by molar-refractivity contribution is -0.123. The van der Waals surface area contributed by atoms with Crippen molar-refractivity contribution in [2.24, 2.45) is 5.92 Å². The van der Waals surface area contributed by atoms with Crippen molar-refractivity contribution in [2.45, 2.75) is 26.3 Å². The molecular formula is C22H30N4O3S. The molecule has 3 heterocycles. The first-order valence-electron chi connectivity index (χ1n) is 10.7. The van der Waals surface area contributed by atoms with E-state index in [1.54, 1.807) is 11.3 Å². The van der Waals surface area contributed by atoms with E-state index >= 15 is 0 Å². The molecule has 2 aliphatic rings. The average Bonchev–Trinajstić information content (AvgIpc) is 3.18. The van der Waals surface area contributed by atoms with Crippen LogP contribution in [0.2, 0.25) is 0 Å². The van der Waals surface area contributed by atoms with Gasteiger partial charge in [-0.3, -0.25) is 9.69 Å². The number of piperazine rings is 1. The maximum absolute atomic E-state index is 12.8. The number of nitrogens with zero attached hydrogens (tertiary/aromatic N) is 3. The van der Waals surface area contributed by atoms with Gasteiger partial charge in [0.2, 0.25) is 5.91 Å². The van der Waals surface area contributed by atoms with Crippen molar-refractivity contribution < 1.29 is 14.3 Å². The normalized spacial score (nSPS) is 18.2. The van der Waals surface area contributed by atoms with Gasteiger partial charge < -0.3 is 19.7 Å². The van der Waals surface area contributed by atoms with Crippen molar-refractivity contribution in [3.05, 3.63) is 35.3 Å². The van der Waals surface area contributed by atoms with Crippen LogP contribution in [0.3, 0.4) is 0 Å². The minimum absolute atomic E-state index is 0.0588. The van der Waals surface area contributed by atoms with Gasteiger partial charge in [-0.25, -0.2) is 4.98 Å². The minimum atomic E-state index is -0.0636. The Morgan fingerprint density at radius 3 is 2.63 bits per heavy atom. The van der Waals surface area contributed by atoms with Gasteiger partial charge in [0, 0.05) is 44.2 Å². The highest BCUT2D eigenvalue weighted by Gasteiger charge is 2.24. The van der Waals surface area contributed by atoms with Crippen LogP contribution in [-0.2, 0) is 4.79 Å². The number of aromatic nitrogens is 1. The first-order chi connectivity index (χ1) is 14.6. The van der Waals surface area contributed by atoms with Gasteiger partial charge in [0.1, 0.15) is 0 Å². The molecule has 1 fully saturated rings. The fourth-order valence-electron chi connectivity index (χ4n) is 3.90. The number of rotatable bonds is 6. The Morgan fingerprint density at radius 2 is 1.93 bits per heavy atom. The number of hydrogen-bond donors (Lipinski definition) is 1. The first kappa shape index (κ1) is 20.9. The molecule has 2 aliphatic heterocycles. The second-order valence-electron chi connectivity index (χ2n) is 8.12. The molecule has 1 atom stereocenters. The lowest BCUT2D eigenvalue weighted by atomic mass is 9.95. The number of nitrogens with one attached hydrogen (secondary N) is 1. The molecule has 1 aromatic heterocycles. The summed E-state index contributed by atoms with van der Waals surface area (Å²) in [6.45, 7) is 9.52. The molecule has 1 N–H and O–H groups in total. The Bertz CT molecular complexity index is 835. The second-order valence-corrected chi connectivity index (χ2v) is 9.00. The number of carbonyl (C=O) groups excluding carboxylic acids is 1. The molecule has 30 heavy (non-hydrogen) atoms. The number of ether oxygens (including phenoxy) is 2. The van der Waals surface area contributed by atoms with E-state index in [0.717, 1.165) is 54.8 Å². The Morgan fingerprint density at radius 1 is 1.17 bits per heavy atom. The van der Waals surface area contributed by atoms with Crippen molar-refractivity contribution in [3.8, 4) is 11.5 Å². The van der Waals surface area contributed by atoms with Gasteiger partial charge in [-0.05, 0) is 23.6 Å². The number of fused-ring (bicyclic) bond motifs is 1. The molecule has 4 rings (SSSR count). The molecule has 8 heteroatoms. The highest BCUT2D eigenvalue weighted by Crippen LogP contribution is 2.34. The van der Waals surface area contributed by atoms with Crippen LogP contribution in [0.4, 0.5) is 5.13 Å². The number of amides is 1. The first-order valence-corrected chi connectivity index (χ1v) is 11.5. The van der Waals surface area contributed by atoms with E-state index in [-0.39, 0.29) is 17.9 Å². The van der Waals surface area contributed by atoms with E-state index in [1.807, 2.05) is 29.8 Å². The summed E-state index contributed by atoms with van der Waals surface area (Å²) in [7, 11) is 0. The van der Waals surface area contributed by atoms with E-state index in [4.69, 9.17) is 9.47 Å². The zero-order valence-corrected chi connectivity index (χ0v) is 18.5. The van der Waals surface area contributed by atoms with Crippen molar-refractivity contribution >= 4 is 22.4 Å². The van der Waals surface area contributed by atoms with Gasteiger partial charge in [0.15, 0.2) is 16.6 Å². The predicted octanol–water partition coefficient (Wildman–Crippen LogP) is 2.94. The van der Waals surface area contributed by atoms with Crippen LogP contribution < -0.4 is 19.7 Å². The topological polar surface area (TPSA) is 66.9 Å². The fraction of sp³-hybridized carbons (Fsp3) is 0.545. The lowest BCUT2D eigenvalue weighted by Crippen LogP contribution is -2.50. The van der Waals surface area contributed by atoms with Crippen LogP contribution in [0.15, 0.2) is 29.8 Å². The fourth-order valence-corrected chi connectivity index (χ4v) is 4.60. The third kappa shape index (κ3) is 5.05. The number of anilines is 1. The average molecular weight is 431 g/mol. The molecule has 0 aliphatic carbocycles. The molecule has 0 spiro atoms. The van der Waals surface area contributed by atoms with E-state index in [2.05, 4.69) is 33.9 Å². The van der Waals surface area contributed by atoms with Crippen LogP contribution in [0.5, 0.6) is 11.5 Å². The van der Waals surface area contributed by atoms with Crippen molar-refractivity contribution in [2.75, 3.05) is 50.8 Å². The van der Waals surface area contributed by atoms with E-state index in [1.165, 1.54) is 0 Å². The number of thiazole rings is 1. The molecule has 7 nitrogen and oxygen atoms in total. The second kappa shape index (κ2) is 9.66. The lowest BCUT2D eigenvalue weighted by Gasteiger charge is -2.34. The summed E-state index contributed by atoms with van der Waals surface area (Å²) >= 11 is 1.66. The van der Waals surface area contributed by atoms with E-state index < -0.39 is 0 Å². The highest BCUT2D eigenvalue weighted by atomic mass is 32.1. The van der Waals surface area contributed by atoms with E-state index in [9.17, 15) is 4.79 Å². The maximum Gasteiger partial charge on any atom is 0.234 e. The maximum atomic E-state index is 12.8. The SMILES string of the molecule is CC(C)C(NC(=O)CN1CCN(c2nccs2)CC1)c1ccc2c(c1)OCCCO2. The van der Waals surface area contributed by atoms with Crippen molar-refractivity contribution in [1.29, 1.82) is 0 Å². The van der Waals surface area contributed by atoms with Crippen molar-refractivity contribution in [3.63, 3.8) is 0 Å². The van der Waals surface area contributed by atoms with Crippen LogP contribution in [0.25, 0.3) is 0 Å². The minimum Gasteiger partial charge on any atom is -0.490 e. The molecular weight excluding hydrogens is 400 g/mol. The summed E-state index contributed by atoms with van der Waals surface area (Å²) in [5.74, 6) is 1.87. The largest absolute Gasteiger partial charge is 0.490 e. The smallest absolute Gasteiger partial charge is 0.234 e. The number of carbonyl (C=O) groups is 1. The molecule has 1 saturated heterocycles. The molecule has 162 valence electrons. The van der Waals surface area contributed by atoms with Crippen LogP contribution in [0.1, 0.15) is 31.9 Å². The summed E-state index contributed by atoms with van der Waals surface area (Å²) in [5, 5.41) is 6.30. The standard InChI is InChI=1S/C22H30N4O3S/c1-16(2)21(17-4-5-18-19(14-17)29-12-3-11-28-18)24-20(27)15-25-7-9-26(10-8-25)22-23-6-13-30-22/h4-6,13-14,16,21H,3,7-12,15H2,1-2H3,(H,24,27). The molecule has 0 radical (unpaired) electrons. The third-order valence-electron chi connectivity index (χ3n) is 5.54. The molecule has 0 saturated carbocycles. The summed E-state index contributed by atoms with van der Waals surface area (Å²) in [6, 6.07) is 5.94. The van der Waals surface area contributed by atoms with E-state index in [0.29, 0.717) is 19.8 Å². The van der Waals surface area contributed by atoms with Gasteiger partial charge in [-0.1, -0.05) is 19.9 Å². The van der Waals surface area contributed by atoms with Gasteiger partial charge in [0.25, 0.3) is 0 Å².